The molecule has 0 aliphatic rings. The van der Waals surface area contributed by atoms with Gasteiger partial charge in [-0.1, -0.05) is 37.3 Å². The minimum absolute atomic E-state index is 0.0907. The maximum absolute atomic E-state index is 10.2. The van der Waals surface area contributed by atoms with Gasteiger partial charge in [-0.15, -0.1) is 0 Å². The molecule has 0 saturated carbocycles. The van der Waals surface area contributed by atoms with Crippen LogP contribution in [-0.2, 0) is 6.42 Å². The summed E-state index contributed by atoms with van der Waals surface area (Å²) >= 11 is 0. The molecule has 0 spiro atoms. The lowest BCUT2D eigenvalue weighted by Gasteiger charge is -2.37. The molecule has 0 aromatic heterocycles. The van der Waals surface area contributed by atoms with Crippen LogP contribution in [0.5, 0.6) is 0 Å². The van der Waals surface area contributed by atoms with E-state index in [1.54, 1.807) is 0 Å². The van der Waals surface area contributed by atoms with Gasteiger partial charge in [-0.2, -0.15) is 0 Å². The number of nitrogens with two attached hydrogens (primary N) is 1. The fraction of sp³-hybridized carbons (Fsp3) is 0.625. The zero-order chi connectivity index (χ0) is 14.5. The van der Waals surface area contributed by atoms with Gasteiger partial charge in [0.15, 0.2) is 0 Å². The average molecular weight is 264 g/mol. The highest BCUT2D eigenvalue weighted by atomic mass is 16.3. The normalized spacial score (nSPS) is 15.5. The molecule has 19 heavy (non-hydrogen) atoms. The first-order chi connectivity index (χ1) is 8.86. The molecule has 1 aromatic carbocycles. The molecule has 2 unspecified atom stereocenters. The van der Waals surface area contributed by atoms with Gasteiger partial charge in [-0.25, -0.2) is 0 Å². The molecule has 3 heteroatoms. The highest BCUT2D eigenvalue weighted by Gasteiger charge is 2.25. The number of hydrogen-bond donors (Lipinski definition) is 2. The number of rotatable bonds is 7. The fourth-order valence-corrected chi connectivity index (χ4v) is 1.96. The van der Waals surface area contributed by atoms with Crippen molar-refractivity contribution in [1.82, 2.24) is 4.90 Å². The van der Waals surface area contributed by atoms with Crippen molar-refractivity contribution in [3.05, 3.63) is 35.9 Å². The van der Waals surface area contributed by atoms with Gasteiger partial charge in [0.05, 0.1) is 6.10 Å². The lowest BCUT2D eigenvalue weighted by Crippen LogP contribution is -2.49. The van der Waals surface area contributed by atoms with Crippen LogP contribution in [0.4, 0.5) is 0 Å². The van der Waals surface area contributed by atoms with E-state index in [1.807, 2.05) is 37.4 Å². The standard InChI is InChI=1S/C16H28N2O/c1-5-16(2,3)18(4)12-15(19)14(17)11-13-9-7-6-8-10-13/h6-10,14-15,19H,5,11-12,17H2,1-4H3. The molecule has 0 aliphatic heterocycles. The number of likely N-dealkylation sites (N-methyl/N-ethyl adjacent to an activating group) is 1. The largest absolute Gasteiger partial charge is 0.390 e. The van der Waals surface area contributed by atoms with Crippen molar-refractivity contribution in [2.75, 3.05) is 13.6 Å². The molecule has 0 radical (unpaired) electrons. The van der Waals surface area contributed by atoms with E-state index in [-0.39, 0.29) is 11.6 Å². The van der Waals surface area contributed by atoms with Crippen LogP contribution in [0.25, 0.3) is 0 Å². The van der Waals surface area contributed by atoms with Crippen LogP contribution in [0.3, 0.4) is 0 Å². The van der Waals surface area contributed by atoms with Gasteiger partial charge in [0, 0.05) is 18.1 Å². The number of nitrogens with zero attached hydrogens (tertiary/aromatic N) is 1. The van der Waals surface area contributed by atoms with Crippen molar-refractivity contribution in [1.29, 1.82) is 0 Å². The molecule has 108 valence electrons. The number of aliphatic hydroxyl groups is 1. The second kappa shape index (κ2) is 7.04. The Hall–Kier alpha value is -0.900. The van der Waals surface area contributed by atoms with Gasteiger partial charge in [0.25, 0.3) is 0 Å². The Morgan fingerprint density at radius 1 is 1.26 bits per heavy atom. The third kappa shape index (κ3) is 4.94. The van der Waals surface area contributed by atoms with Crippen LogP contribution in [-0.4, -0.2) is 41.3 Å². The Bertz CT molecular complexity index is 364. The highest BCUT2D eigenvalue weighted by Crippen LogP contribution is 2.17. The summed E-state index contributed by atoms with van der Waals surface area (Å²) in [7, 11) is 2.04. The van der Waals surface area contributed by atoms with E-state index in [0.717, 1.165) is 6.42 Å². The maximum Gasteiger partial charge on any atom is 0.0821 e. The zero-order valence-electron chi connectivity index (χ0n) is 12.6. The van der Waals surface area contributed by atoms with Gasteiger partial charge in [-0.3, -0.25) is 4.90 Å². The van der Waals surface area contributed by atoms with Gasteiger partial charge < -0.3 is 10.8 Å². The fourth-order valence-electron chi connectivity index (χ4n) is 1.96. The first-order valence-electron chi connectivity index (χ1n) is 7.05. The summed E-state index contributed by atoms with van der Waals surface area (Å²) in [6.07, 6.45) is 1.25. The quantitative estimate of drug-likeness (QED) is 0.792. The van der Waals surface area contributed by atoms with E-state index < -0.39 is 6.10 Å². The van der Waals surface area contributed by atoms with Crippen molar-refractivity contribution in [3.8, 4) is 0 Å². The molecule has 0 saturated heterocycles. The Morgan fingerprint density at radius 2 is 1.84 bits per heavy atom. The summed E-state index contributed by atoms with van der Waals surface area (Å²) in [5, 5.41) is 10.2. The Labute approximate surface area is 117 Å². The van der Waals surface area contributed by atoms with E-state index in [9.17, 15) is 5.11 Å². The SMILES string of the molecule is CCC(C)(C)N(C)CC(O)C(N)Cc1ccccc1. The summed E-state index contributed by atoms with van der Waals surface area (Å²) < 4.78 is 0. The number of aliphatic hydroxyl groups excluding tert-OH is 1. The number of β-amino-alcohol motifs (C(OH)–C–C–N with tert-alkyl or cyclic N) is 1. The van der Waals surface area contributed by atoms with Gasteiger partial charge >= 0.3 is 0 Å². The number of hydrogen-bond acceptors (Lipinski definition) is 3. The van der Waals surface area contributed by atoms with Crippen molar-refractivity contribution in [2.45, 2.75) is 51.3 Å². The van der Waals surface area contributed by atoms with Crippen LogP contribution in [0.15, 0.2) is 30.3 Å². The lowest BCUT2D eigenvalue weighted by molar-refractivity contribution is 0.0548. The molecule has 0 amide bonds. The van der Waals surface area contributed by atoms with Crippen LogP contribution in [0.2, 0.25) is 0 Å². The maximum atomic E-state index is 10.2. The minimum atomic E-state index is -0.504. The molecular formula is C16H28N2O. The summed E-state index contributed by atoms with van der Waals surface area (Å²) in [4.78, 5) is 2.18. The van der Waals surface area contributed by atoms with Crippen molar-refractivity contribution >= 4 is 0 Å². The second-order valence-electron chi connectivity index (χ2n) is 5.97. The topological polar surface area (TPSA) is 49.5 Å². The predicted molar refractivity (Wildman–Crippen MR) is 81.1 cm³/mol. The summed E-state index contributed by atoms with van der Waals surface area (Å²) in [5.74, 6) is 0. The highest BCUT2D eigenvalue weighted by molar-refractivity contribution is 5.16. The van der Waals surface area contributed by atoms with E-state index in [4.69, 9.17) is 5.73 Å². The molecule has 1 aromatic rings. The minimum Gasteiger partial charge on any atom is -0.390 e. The number of benzene rings is 1. The molecule has 0 heterocycles. The predicted octanol–water partition coefficient (Wildman–Crippen LogP) is 2.04. The van der Waals surface area contributed by atoms with Crippen LogP contribution >= 0.6 is 0 Å². The van der Waals surface area contributed by atoms with Crippen molar-refractivity contribution < 1.29 is 5.11 Å². The molecule has 0 fully saturated rings. The third-order valence-corrected chi connectivity index (χ3v) is 4.17. The van der Waals surface area contributed by atoms with Crippen molar-refractivity contribution in [3.63, 3.8) is 0 Å². The Balaban J connectivity index is 2.51. The molecule has 2 atom stereocenters. The van der Waals surface area contributed by atoms with Crippen LogP contribution < -0.4 is 5.73 Å². The van der Waals surface area contributed by atoms with Gasteiger partial charge in [0.1, 0.15) is 0 Å². The molecule has 0 bridgehead atoms. The zero-order valence-corrected chi connectivity index (χ0v) is 12.6. The Kier molecular flexibility index (Phi) is 5.98. The first-order valence-corrected chi connectivity index (χ1v) is 7.05. The summed E-state index contributed by atoms with van der Waals surface area (Å²) in [6.45, 7) is 7.13. The van der Waals surface area contributed by atoms with Crippen LogP contribution in [0.1, 0.15) is 32.8 Å². The van der Waals surface area contributed by atoms with Crippen molar-refractivity contribution in [2.24, 2.45) is 5.73 Å². The second-order valence-corrected chi connectivity index (χ2v) is 5.97. The van der Waals surface area contributed by atoms with Gasteiger partial charge in [-0.05, 0) is 39.3 Å². The van der Waals surface area contributed by atoms with Crippen LogP contribution in [0, 0.1) is 0 Å². The molecule has 1 rings (SSSR count). The monoisotopic (exact) mass is 264 g/mol. The third-order valence-electron chi connectivity index (χ3n) is 4.17. The van der Waals surface area contributed by atoms with E-state index in [0.29, 0.717) is 13.0 Å². The Morgan fingerprint density at radius 3 is 2.37 bits per heavy atom. The molecular weight excluding hydrogens is 236 g/mol. The molecule has 3 nitrogen and oxygen atoms in total. The molecule has 3 N–H and O–H groups in total. The van der Waals surface area contributed by atoms with E-state index >= 15 is 0 Å². The average Bonchev–Trinajstić information content (AvgIpc) is 2.39. The summed E-state index contributed by atoms with van der Waals surface area (Å²) in [5.41, 5.74) is 7.37. The lowest BCUT2D eigenvalue weighted by atomic mass is 9.97. The summed E-state index contributed by atoms with van der Waals surface area (Å²) in [6, 6.07) is 9.86. The van der Waals surface area contributed by atoms with Gasteiger partial charge in [0.2, 0.25) is 0 Å². The first kappa shape index (κ1) is 16.2. The van der Waals surface area contributed by atoms with E-state index in [1.165, 1.54) is 5.56 Å². The smallest absolute Gasteiger partial charge is 0.0821 e. The molecule has 0 aliphatic carbocycles. The van der Waals surface area contributed by atoms with E-state index in [2.05, 4.69) is 25.7 Å².